The summed E-state index contributed by atoms with van der Waals surface area (Å²) in [6.07, 6.45) is -109. The highest BCUT2D eigenvalue weighted by atomic mass is 16.8. The van der Waals surface area contributed by atoms with Crippen LogP contribution in [0.25, 0.3) is 0 Å². The number of rotatable bonds is 31. The Morgan fingerprint density at radius 2 is 0.406 bits per heavy atom. The van der Waals surface area contributed by atoms with Crippen molar-refractivity contribution < 1.29 is 262 Å². The zero-order valence-corrected chi connectivity index (χ0v) is 69.2. The van der Waals surface area contributed by atoms with E-state index in [0.29, 0.717) is 0 Å². The zero-order valence-electron chi connectivity index (χ0n) is 69.2. The molecule has 0 aliphatic carbocycles. The second kappa shape index (κ2) is 45.1. The minimum atomic E-state index is -2.57. The molecule has 11 heterocycles. The van der Waals surface area contributed by atoms with Crippen LogP contribution in [0.4, 0.5) is 0 Å². The Kier molecular flexibility index (Phi) is 37.0. The molecule has 0 aromatic heterocycles. The number of aliphatic hydroxyl groups excluding tert-OH is 29. The molecule has 11 aliphatic rings. The van der Waals surface area contributed by atoms with Gasteiger partial charge in [-0.05, 0) is 20.8 Å². The van der Waals surface area contributed by atoms with Crippen molar-refractivity contribution in [2.45, 2.75) is 379 Å². The second-order valence-electron chi connectivity index (χ2n) is 33.0. The van der Waals surface area contributed by atoms with E-state index in [1.165, 1.54) is 20.8 Å². The predicted octanol–water partition coefficient (Wildman–Crippen LogP) is -21.5. The lowest BCUT2D eigenvalue weighted by Gasteiger charge is -2.53. The molecule has 128 heavy (non-hydrogen) atoms. The zero-order chi connectivity index (χ0) is 94.1. The molecule has 11 fully saturated rings. The first kappa shape index (κ1) is 105. The standard InChI is InChI=1S/C72H121N3O53/c1-15-32(87)39(94)45(100)66(108-15)123-56-29(73-18(4)84)63(116-26(12-81)53(56)120-69-48(103)42(97)35(90)21(7-76)112-69)127-60-37(92)23(9-78)114-71(50(60)105)122-55-28(14-83)118-65(31(75-20(6)86)58(55)125-68-47(102)41(96)34(89)17(3)110-68)128-61-38(93)24(10-79)115-72(51(61)106)121-54-27(13-82)117-64(30(74-19(5)85)57(54)124-67-46(101)40(95)33(88)16(2)109-67)126-59-36(91)22(8-77)113-70(49(59)104)119-52-25(11-80)111-62(107)44(99)43(52)98/h15-17,21-72,76-83,87-107H,7-14H2,1-6H3,(H,73,84)(H,74,85)(H,75,86)/t15-,16-,17-,21+,22+,23+,24+,25+,26+,27+,28+,29+,30+,31+,32+,33+,34+,35-,36-,37-,38-,39+,40+,41+,42-,43+,44+,45-,46-,47-,48+,49+,50+,51+,52+,53+,54+,55+,56+,57+,58+,59-,60-,61-,62+,63-,64-,65-,66-,67-,68-,69-,70-,71-,72-/m0/s1. The molecule has 0 aromatic rings. The number of nitrogens with one attached hydrogen (secondary N) is 3. The van der Waals surface area contributed by atoms with Crippen LogP contribution >= 0.6 is 0 Å². The highest BCUT2D eigenvalue weighted by molar-refractivity contribution is 5.74. The molecule has 11 saturated heterocycles. The smallest absolute Gasteiger partial charge is 0.217 e. The largest absolute Gasteiger partial charge is 0.394 e. The van der Waals surface area contributed by atoms with Gasteiger partial charge in [0.25, 0.3) is 0 Å². The molecule has 32 N–H and O–H groups in total. The van der Waals surface area contributed by atoms with E-state index in [1.807, 2.05) is 0 Å². The molecule has 0 radical (unpaired) electrons. The Morgan fingerprint density at radius 3 is 0.664 bits per heavy atom. The van der Waals surface area contributed by atoms with E-state index in [-0.39, 0.29) is 0 Å². The first-order valence-corrected chi connectivity index (χ1v) is 41.2. The number of hydrogen-bond donors (Lipinski definition) is 32. The summed E-state index contributed by atoms with van der Waals surface area (Å²) in [6.45, 7) is -3.06. The van der Waals surface area contributed by atoms with Crippen LogP contribution in [0.5, 0.6) is 0 Å². The van der Waals surface area contributed by atoms with Crippen molar-refractivity contribution in [3.8, 4) is 0 Å². The second-order valence-corrected chi connectivity index (χ2v) is 33.0. The summed E-state index contributed by atoms with van der Waals surface area (Å²) in [5.74, 6) is -3.09. The molecule has 56 nitrogen and oxygen atoms in total. The Labute approximate surface area is 725 Å². The third kappa shape index (κ3) is 22.3. The Balaban J connectivity index is 0.918. The van der Waals surface area contributed by atoms with Crippen LogP contribution in [0.15, 0.2) is 0 Å². The highest BCUT2D eigenvalue weighted by Gasteiger charge is 2.64. The minimum absolute atomic E-state index is 0.885. The average Bonchev–Trinajstić information content (AvgIpc) is 0.757. The first-order valence-electron chi connectivity index (χ1n) is 41.2. The van der Waals surface area contributed by atoms with Gasteiger partial charge in [-0.2, -0.15) is 0 Å². The molecule has 0 bridgehead atoms. The van der Waals surface area contributed by atoms with Crippen LogP contribution in [0.3, 0.4) is 0 Å². The number of carbonyl (C=O) groups is 3. The molecule has 742 valence electrons. The number of amides is 3. The third-order valence-corrected chi connectivity index (χ3v) is 24.1. The molecular formula is C72H121N3O53. The number of aliphatic hydroxyl groups is 29. The van der Waals surface area contributed by atoms with Gasteiger partial charge in [-0.1, -0.05) is 0 Å². The summed E-state index contributed by atoms with van der Waals surface area (Å²) in [5, 5.41) is 332. The minimum Gasteiger partial charge on any atom is -0.394 e. The molecule has 55 atom stereocenters. The van der Waals surface area contributed by atoms with E-state index >= 15 is 0 Å². The summed E-state index contributed by atoms with van der Waals surface area (Å²) in [4.78, 5) is 40.8. The lowest BCUT2D eigenvalue weighted by molar-refractivity contribution is -0.403. The summed E-state index contributed by atoms with van der Waals surface area (Å²) >= 11 is 0. The molecule has 0 saturated carbocycles. The van der Waals surface area contributed by atoms with E-state index in [9.17, 15) is 162 Å². The van der Waals surface area contributed by atoms with Gasteiger partial charge in [0.05, 0.1) is 71.2 Å². The summed E-state index contributed by atoms with van der Waals surface area (Å²) in [6, 6.07) is -6.21. The van der Waals surface area contributed by atoms with Crippen molar-refractivity contribution in [3.05, 3.63) is 0 Å². The number of carbonyl (C=O) groups excluding carboxylic acids is 3. The van der Waals surface area contributed by atoms with Crippen LogP contribution in [0, 0.1) is 0 Å². The summed E-state index contributed by atoms with van der Waals surface area (Å²) in [7, 11) is 0. The van der Waals surface area contributed by atoms with Crippen LogP contribution in [-0.4, -0.2) is 556 Å². The molecule has 56 heteroatoms. The van der Waals surface area contributed by atoms with Crippen LogP contribution in [0.2, 0.25) is 0 Å². The van der Waals surface area contributed by atoms with Gasteiger partial charge >= 0.3 is 0 Å². The topological polar surface area (TPSA) is 868 Å². The van der Waals surface area contributed by atoms with Crippen LogP contribution in [-0.2, 0) is 114 Å². The Hall–Kier alpha value is -3.59. The molecule has 0 aromatic carbocycles. The maximum atomic E-state index is 13.8. The molecule has 0 unspecified atom stereocenters. The van der Waals surface area contributed by atoms with Gasteiger partial charge in [0.2, 0.25) is 17.7 Å². The predicted molar refractivity (Wildman–Crippen MR) is 393 cm³/mol. The van der Waals surface area contributed by atoms with Crippen molar-refractivity contribution in [2.24, 2.45) is 0 Å². The third-order valence-electron chi connectivity index (χ3n) is 24.1. The maximum Gasteiger partial charge on any atom is 0.217 e. The highest BCUT2D eigenvalue weighted by Crippen LogP contribution is 2.43. The van der Waals surface area contributed by atoms with Gasteiger partial charge in [-0.15, -0.1) is 0 Å². The fraction of sp³-hybridized carbons (Fsp3) is 0.958. The van der Waals surface area contributed by atoms with Crippen molar-refractivity contribution in [1.82, 2.24) is 16.0 Å². The quantitative estimate of drug-likeness (QED) is 0.0306. The molecule has 0 spiro atoms. The lowest BCUT2D eigenvalue weighted by Crippen LogP contribution is -2.72. The number of ether oxygens (including phenoxy) is 21. The fourth-order valence-electron chi connectivity index (χ4n) is 17.0. The summed E-state index contributed by atoms with van der Waals surface area (Å²) in [5.41, 5.74) is 0. The van der Waals surface area contributed by atoms with Crippen molar-refractivity contribution in [2.75, 3.05) is 52.9 Å². The summed E-state index contributed by atoms with van der Waals surface area (Å²) < 4.78 is 127. The van der Waals surface area contributed by atoms with E-state index in [1.54, 1.807) is 0 Å². The molecule has 11 rings (SSSR count). The fourth-order valence-corrected chi connectivity index (χ4v) is 17.0. The molecule has 11 aliphatic heterocycles. The normalized spacial score (nSPS) is 51.6. The van der Waals surface area contributed by atoms with Crippen molar-refractivity contribution in [3.63, 3.8) is 0 Å². The van der Waals surface area contributed by atoms with Crippen molar-refractivity contribution >= 4 is 17.7 Å². The Bertz CT molecular complexity index is 3460. The van der Waals surface area contributed by atoms with Gasteiger partial charge in [0, 0.05) is 20.8 Å². The lowest BCUT2D eigenvalue weighted by atomic mass is 9.93. The Morgan fingerprint density at radius 1 is 0.203 bits per heavy atom. The maximum absolute atomic E-state index is 13.8. The van der Waals surface area contributed by atoms with Gasteiger partial charge < -0.3 is 264 Å². The van der Waals surface area contributed by atoms with Crippen LogP contribution < -0.4 is 16.0 Å². The van der Waals surface area contributed by atoms with Crippen molar-refractivity contribution in [1.29, 1.82) is 0 Å². The molecular weight excluding hydrogens is 1750 g/mol. The SMILES string of the molecule is CC(=O)N[C@H]1[C@H](O[C@H]2[C@@H](O)[C@@H](CO)O[C@@H](O[C@H]3[C@H](O[C@@H]4O[C@@H](C)[C@@H](O)[C@@H](O)[C@@H]4O)[C@@H](NC(C)=O)[C@H](O[C@H]4[C@@H](O)[C@@H](CO)O[C@@H](O[C@H]5[C@H](O[C@@H]6O[C@@H](C)[C@@H](O)[C@@H](O)[C@@H]6O)[C@@H](NC(C)=O)[C@H](O[C@H]6[C@@H](O)[C@@H](CO)O[C@@H](O[C@H]7[C@H](O)[C@@H](O)[C@H](O)O[C@@H]7CO)[C@@H]6O)O[C@@H]5CO)[C@@H]4O)O[C@@H]3CO)[C@@H]2O)O[C@H](CO)[C@@H](O[C@@H]2O[C@H](CO)[C@H](O)[C@H](O)[C@H]2O)[C@@H]1O[C@@H]1O[C@@H](C)[C@@H](O)[C@@H](O)[C@@H]1O. The van der Waals surface area contributed by atoms with Crippen LogP contribution in [0.1, 0.15) is 41.5 Å². The van der Waals surface area contributed by atoms with Gasteiger partial charge in [-0.25, -0.2) is 0 Å². The van der Waals surface area contributed by atoms with E-state index in [4.69, 9.17) is 99.5 Å². The van der Waals surface area contributed by atoms with Gasteiger partial charge in [0.1, 0.15) is 250 Å². The van der Waals surface area contributed by atoms with E-state index < -0.39 is 408 Å². The molecule has 3 amide bonds. The van der Waals surface area contributed by atoms with E-state index in [2.05, 4.69) is 16.0 Å². The van der Waals surface area contributed by atoms with E-state index in [0.717, 1.165) is 20.8 Å². The van der Waals surface area contributed by atoms with Gasteiger partial charge in [-0.3, -0.25) is 14.4 Å². The number of hydrogen-bond acceptors (Lipinski definition) is 53. The first-order chi connectivity index (χ1) is 60.5. The monoisotopic (exact) mass is 1880 g/mol. The average molecular weight is 1880 g/mol. The van der Waals surface area contributed by atoms with Gasteiger partial charge in [0.15, 0.2) is 69.2 Å².